The Hall–Kier alpha value is -0.750. The molecule has 0 aromatic heterocycles. The Kier molecular flexibility index (Phi) is 10.4. The number of carbonyl (C=O) groups excluding carboxylic acids is 1. The summed E-state index contributed by atoms with van der Waals surface area (Å²) in [5, 5.41) is 0. The van der Waals surface area contributed by atoms with Crippen LogP contribution in [0.5, 0.6) is 0 Å². The van der Waals surface area contributed by atoms with Crippen molar-refractivity contribution in [3.8, 4) is 0 Å². The molecule has 2 aliphatic heterocycles. The van der Waals surface area contributed by atoms with Crippen molar-refractivity contribution in [3.63, 3.8) is 0 Å². The molecule has 0 N–H and O–H groups in total. The molecule has 5 nitrogen and oxygen atoms in total. The van der Waals surface area contributed by atoms with E-state index in [1.54, 1.807) is 5.57 Å². The second-order valence-corrected chi connectivity index (χ2v) is 21.7. The van der Waals surface area contributed by atoms with Gasteiger partial charge in [-0.1, -0.05) is 94.7 Å². The molecule has 296 valence electrons. The molecule has 9 unspecified atom stereocenters. The van der Waals surface area contributed by atoms with Gasteiger partial charge in [0.05, 0.1) is 18.3 Å². The lowest BCUT2D eigenvalue weighted by Crippen LogP contribution is -2.63. The number of allylic oxidation sites excluding steroid dienone is 2. The molecule has 0 bridgehead atoms. The van der Waals surface area contributed by atoms with E-state index in [-0.39, 0.29) is 58.7 Å². The molecule has 7 rings (SSSR count). The van der Waals surface area contributed by atoms with Crippen molar-refractivity contribution in [3.05, 3.63) is 11.6 Å². The van der Waals surface area contributed by atoms with Crippen LogP contribution in [0.3, 0.4) is 0 Å². The van der Waals surface area contributed by atoms with Gasteiger partial charge >= 0.3 is 0 Å². The largest absolute Gasteiger partial charge is 0.349 e. The van der Waals surface area contributed by atoms with E-state index < -0.39 is 0 Å². The van der Waals surface area contributed by atoms with E-state index in [4.69, 9.17) is 18.9 Å². The number of rotatable bonds is 6. The van der Waals surface area contributed by atoms with Gasteiger partial charge in [0.15, 0.2) is 12.6 Å². The van der Waals surface area contributed by atoms with Gasteiger partial charge in [0.1, 0.15) is 12.4 Å². The summed E-state index contributed by atoms with van der Waals surface area (Å²) in [6.07, 6.45) is 16.5. The molecule has 0 spiro atoms. The van der Waals surface area contributed by atoms with Crippen LogP contribution < -0.4 is 0 Å². The molecular weight excluding hydrogens is 645 g/mol. The maximum absolute atomic E-state index is 12.9. The highest BCUT2D eigenvalue weighted by molar-refractivity contribution is 5.63. The molecular formula is C47H78O5. The van der Waals surface area contributed by atoms with Crippen LogP contribution in [0.1, 0.15) is 161 Å². The van der Waals surface area contributed by atoms with E-state index in [9.17, 15) is 4.79 Å². The third-order valence-corrected chi connectivity index (χ3v) is 19.2. The Morgan fingerprint density at radius 1 is 0.750 bits per heavy atom. The van der Waals surface area contributed by atoms with E-state index in [2.05, 4.69) is 96.1 Å². The lowest BCUT2D eigenvalue weighted by atomic mass is 9.34. The number of hydrogen-bond donors (Lipinski definition) is 0. The van der Waals surface area contributed by atoms with Crippen LogP contribution in [-0.4, -0.2) is 43.3 Å². The number of hydrogen-bond acceptors (Lipinski definition) is 5. The molecule has 52 heavy (non-hydrogen) atoms. The van der Waals surface area contributed by atoms with Crippen molar-refractivity contribution in [2.45, 2.75) is 198 Å². The van der Waals surface area contributed by atoms with Crippen molar-refractivity contribution in [1.82, 2.24) is 0 Å². The zero-order valence-electron chi connectivity index (χ0n) is 35.6. The number of carbonyl (C=O) groups is 1. The van der Waals surface area contributed by atoms with Gasteiger partial charge in [0.25, 0.3) is 0 Å². The SMILES string of the molecule is CCC1O[C@@H](OC2[C@H](O[C@H]3CCC4(C)C5CC=C6C7CC(C)(C)CC[C@]7(C=O)CC[C@@]6(C)C5(C)CC[C@H]4C3C)OC(C)[C@@H](C)[C@@H]2C)C(C)[C@@H](C)[C@H]1C. The quantitative estimate of drug-likeness (QED) is 0.155. The van der Waals surface area contributed by atoms with Crippen LogP contribution in [0.4, 0.5) is 0 Å². The molecule has 0 amide bonds. The third kappa shape index (κ3) is 5.91. The van der Waals surface area contributed by atoms with Gasteiger partial charge in [-0.2, -0.15) is 0 Å². The minimum atomic E-state index is -0.378. The predicted octanol–water partition coefficient (Wildman–Crippen LogP) is 11.4. The summed E-state index contributed by atoms with van der Waals surface area (Å²) < 4.78 is 27.8. The minimum Gasteiger partial charge on any atom is -0.349 e. The van der Waals surface area contributed by atoms with Crippen molar-refractivity contribution >= 4 is 6.29 Å². The van der Waals surface area contributed by atoms with Gasteiger partial charge in [0, 0.05) is 11.3 Å². The standard InChI is InChI=1S/C47H78O5/c1-14-37-29(4)27(2)31(6)41(50-37)52-40-30(5)28(3)33(8)49-42(40)51-38-18-19-44(11)34(32(38)7)17-20-46(13)39(44)16-15-35-36-25-43(9,10)21-23-47(36,26-48)24-22-45(35,46)12/h15,26-34,36-42H,14,16-25H2,1-13H3/t27-,28-,29+,30-,31?,32?,33?,34-,36?,37?,38-,39?,40?,41-,42-,44?,45+,46?,47+/m0/s1. The summed E-state index contributed by atoms with van der Waals surface area (Å²) in [6, 6.07) is 0. The van der Waals surface area contributed by atoms with Gasteiger partial charge in [-0.25, -0.2) is 0 Å². The molecule has 7 aliphatic rings. The Morgan fingerprint density at radius 3 is 2.15 bits per heavy atom. The van der Waals surface area contributed by atoms with E-state index in [1.165, 1.54) is 44.8 Å². The van der Waals surface area contributed by atoms with Gasteiger partial charge in [-0.15, -0.1) is 0 Å². The molecule has 0 aromatic carbocycles. The Balaban J connectivity index is 1.11. The average Bonchev–Trinajstić information content (AvgIpc) is 3.10. The zero-order valence-corrected chi connectivity index (χ0v) is 35.6. The van der Waals surface area contributed by atoms with Crippen molar-refractivity contribution < 1.29 is 23.7 Å². The lowest BCUT2D eigenvalue weighted by molar-refractivity contribution is -0.347. The Bertz CT molecular complexity index is 1350. The van der Waals surface area contributed by atoms with E-state index >= 15 is 0 Å². The van der Waals surface area contributed by atoms with Crippen LogP contribution >= 0.6 is 0 Å². The van der Waals surface area contributed by atoms with Crippen LogP contribution in [0.2, 0.25) is 0 Å². The molecule has 5 aliphatic carbocycles. The first kappa shape index (κ1) is 39.5. The van der Waals surface area contributed by atoms with E-state index in [1.807, 2.05) is 0 Å². The predicted molar refractivity (Wildman–Crippen MR) is 209 cm³/mol. The molecule has 4 saturated carbocycles. The topological polar surface area (TPSA) is 54.0 Å². The fourth-order valence-electron chi connectivity index (χ4n) is 14.4. The fraction of sp³-hybridized carbons (Fsp3) is 0.936. The molecule has 19 atom stereocenters. The van der Waals surface area contributed by atoms with Crippen molar-refractivity contribution in [1.29, 1.82) is 0 Å². The van der Waals surface area contributed by atoms with Gasteiger partial charge in [-0.05, 0) is 147 Å². The Morgan fingerprint density at radius 2 is 1.46 bits per heavy atom. The van der Waals surface area contributed by atoms with Crippen LogP contribution in [0.15, 0.2) is 11.6 Å². The monoisotopic (exact) mass is 723 g/mol. The first-order chi connectivity index (χ1) is 24.4. The molecule has 6 fully saturated rings. The highest BCUT2D eigenvalue weighted by Crippen LogP contribution is 2.74. The summed E-state index contributed by atoms with van der Waals surface area (Å²) in [7, 11) is 0. The fourth-order valence-corrected chi connectivity index (χ4v) is 14.4. The van der Waals surface area contributed by atoms with Crippen LogP contribution in [-0.2, 0) is 23.7 Å². The minimum absolute atomic E-state index is 0.124. The normalized spacial score (nSPS) is 55.9. The van der Waals surface area contributed by atoms with Gasteiger partial charge < -0.3 is 23.7 Å². The molecule has 0 radical (unpaired) electrons. The van der Waals surface area contributed by atoms with E-state index in [0.29, 0.717) is 58.7 Å². The summed E-state index contributed by atoms with van der Waals surface area (Å²) in [4.78, 5) is 12.9. The highest BCUT2D eigenvalue weighted by atomic mass is 16.7. The van der Waals surface area contributed by atoms with Crippen molar-refractivity contribution in [2.75, 3.05) is 0 Å². The maximum Gasteiger partial charge on any atom is 0.184 e. The van der Waals surface area contributed by atoms with Gasteiger partial charge in [-0.3, -0.25) is 0 Å². The smallest absolute Gasteiger partial charge is 0.184 e. The van der Waals surface area contributed by atoms with Crippen LogP contribution in [0.25, 0.3) is 0 Å². The number of fused-ring (bicyclic) bond motifs is 7. The molecule has 2 heterocycles. The first-order valence-corrected chi connectivity index (χ1v) is 22.1. The molecule has 5 heteroatoms. The van der Waals surface area contributed by atoms with Gasteiger partial charge in [0.2, 0.25) is 0 Å². The summed E-state index contributed by atoms with van der Waals surface area (Å²) >= 11 is 0. The van der Waals surface area contributed by atoms with E-state index in [0.717, 1.165) is 32.1 Å². The number of aldehydes is 1. The zero-order chi connectivity index (χ0) is 37.8. The second-order valence-electron chi connectivity index (χ2n) is 21.7. The average molecular weight is 723 g/mol. The number of ether oxygens (including phenoxy) is 4. The molecule has 2 saturated heterocycles. The molecule has 0 aromatic rings. The summed E-state index contributed by atoms with van der Waals surface area (Å²) in [5.74, 6) is 4.23. The van der Waals surface area contributed by atoms with Crippen LogP contribution in [0, 0.1) is 80.3 Å². The summed E-state index contributed by atoms with van der Waals surface area (Å²) in [5.41, 5.74) is 2.53. The van der Waals surface area contributed by atoms with Crippen molar-refractivity contribution in [2.24, 2.45) is 80.3 Å². The highest BCUT2D eigenvalue weighted by Gasteiger charge is 2.67. The maximum atomic E-state index is 12.9. The third-order valence-electron chi connectivity index (χ3n) is 19.2. The first-order valence-electron chi connectivity index (χ1n) is 22.1. The summed E-state index contributed by atoms with van der Waals surface area (Å²) in [6.45, 7) is 31.5. The second kappa shape index (κ2) is 13.7. The Labute approximate surface area is 318 Å². The lowest BCUT2D eigenvalue weighted by Gasteiger charge is -2.70.